The number of hydrogen-bond donors (Lipinski definition) is 1. The molecule has 0 fully saturated rings. The molecule has 0 saturated heterocycles. The molecule has 34 heavy (non-hydrogen) atoms. The lowest BCUT2D eigenvalue weighted by Gasteiger charge is -2.12. The number of methoxy groups -OCH3 is 3. The van der Waals surface area contributed by atoms with E-state index in [1.54, 1.807) is 51.7 Å². The maximum absolute atomic E-state index is 12.4. The highest BCUT2D eigenvalue weighted by molar-refractivity contribution is 5.94. The van der Waals surface area contributed by atoms with Crippen LogP contribution in [0.1, 0.15) is 11.1 Å². The second kappa shape index (κ2) is 9.74. The summed E-state index contributed by atoms with van der Waals surface area (Å²) < 4.78 is 27.7. The topological polar surface area (TPSA) is 92.1 Å². The first-order chi connectivity index (χ1) is 16.4. The molecule has 0 aliphatic carbocycles. The summed E-state index contributed by atoms with van der Waals surface area (Å²) in [7, 11) is 4.64. The molecule has 0 bridgehead atoms. The SMILES string of the molecule is COc1cc(-c2nc3cc(NC(=O)COc4cc(C)cc(C)c4)ccc3o2)cc(OC)c1OC. The third kappa shape index (κ3) is 4.91. The molecule has 4 rings (SSSR count). The Morgan fingerprint density at radius 3 is 2.21 bits per heavy atom. The highest BCUT2D eigenvalue weighted by Crippen LogP contribution is 2.41. The number of hydrogen-bond acceptors (Lipinski definition) is 7. The molecule has 176 valence electrons. The van der Waals surface area contributed by atoms with Gasteiger partial charge >= 0.3 is 0 Å². The number of carbonyl (C=O) groups is 1. The van der Waals surface area contributed by atoms with Crippen LogP contribution < -0.4 is 24.3 Å². The fourth-order valence-corrected chi connectivity index (χ4v) is 3.70. The van der Waals surface area contributed by atoms with E-state index in [9.17, 15) is 4.79 Å². The number of nitrogens with zero attached hydrogens (tertiary/aromatic N) is 1. The largest absolute Gasteiger partial charge is 0.493 e. The van der Waals surface area contributed by atoms with Gasteiger partial charge in [0.25, 0.3) is 5.91 Å². The zero-order chi connectivity index (χ0) is 24.2. The zero-order valence-corrected chi connectivity index (χ0v) is 19.7. The maximum Gasteiger partial charge on any atom is 0.262 e. The first-order valence-electron chi connectivity index (χ1n) is 10.6. The minimum absolute atomic E-state index is 0.101. The molecule has 0 atom stereocenters. The Balaban J connectivity index is 1.51. The molecule has 0 radical (unpaired) electrons. The van der Waals surface area contributed by atoms with Gasteiger partial charge in [-0.15, -0.1) is 0 Å². The van der Waals surface area contributed by atoms with Crippen molar-refractivity contribution >= 4 is 22.7 Å². The average Bonchev–Trinajstić information content (AvgIpc) is 3.24. The van der Waals surface area contributed by atoms with Crippen LogP contribution in [-0.4, -0.2) is 38.8 Å². The Hall–Kier alpha value is -4.20. The Bertz CT molecular complexity index is 1300. The quantitative estimate of drug-likeness (QED) is 0.387. The van der Waals surface area contributed by atoms with E-state index in [0.29, 0.717) is 51.2 Å². The van der Waals surface area contributed by atoms with Crippen molar-refractivity contribution in [1.82, 2.24) is 4.98 Å². The fourth-order valence-electron chi connectivity index (χ4n) is 3.70. The van der Waals surface area contributed by atoms with Crippen LogP contribution in [0.25, 0.3) is 22.6 Å². The third-order valence-corrected chi connectivity index (χ3v) is 5.15. The van der Waals surface area contributed by atoms with E-state index in [1.165, 1.54) is 0 Å². The predicted molar refractivity (Wildman–Crippen MR) is 129 cm³/mol. The van der Waals surface area contributed by atoms with Gasteiger partial charge in [0.2, 0.25) is 11.6 Å². The van der Waals surface area contributed by atoms with E-state index in [0.717, 1.165) is 11.1 Å². The lowest BCUT2D eigenvalue weighted by Crippen LogP contribution is -2.20. The van der Waals surface area contributed by atoms with Crippen LogP contribution in [-0.2, 0) is 4.79 Å². The molecule has 0 saturated carbocycles. The molecular formula is C26H26N2O6. The molecule has 0 aliphatic rings. The molecule has 0 spiro atoms. The third-order valence-electron chi connectivity index (χ3n) is 5.15. The van der Waals surface area contributed by atoms with Crippen molar-refractivity contribution in [2.75, 3.05) is 33.3 Å². The molecule has 8 nitrogen and oxygen atoms in total. The molecular weight excluding hydrogens is 436 g/mol. The van der Waals surface area contributed by atoms with Crippen LogP contribution in [0.15, 0.2) is 52.9 Å². The van der Waals surface area contributed by atoms with Crippen LogP contribution in [0.3, 0.4) is 0 Å². The van der Waals surface area contributed by atoms with Crippen LogP contribution in [0, 0.1) is 13.8 Å². The number of nitrogens with one attached hydrogen (secondary N) is 1. The second-order valence-electron chi connectivity index (χ2n) is 7.78. The van der Waals surface area contributed by atoms with Crippen molar-refractivity contribution in [3.63, 3.8) is 0 Å². The standard InChI is InChI=1S/C26H26N2O6/c1-15-8-16(2)10-19(9-15)33-14-24(29)27-18-6-7-21-20(13-18)28-26(34-21)17-11-22(30-3)25(32-5)23(12-17)31-4/h6-13H,14H2,1-5H3,(H,27,29). The Morgan fingerprint density at radius 1 is 0.912 bits per heavy atom. The van der Waals surface area contributed by atoms with Gasteiger partial charge in [0, 0.05) is 11.3 Å². The molecule has 0 unspecified atom stereocenters. The molecule has 1 heterocycles. The molecule has 0 aliphatic heterocycles. The van der Waals surface area contributed by atoms with Crippen molar-refractivity contribution in [3.05, 3.63) is 59.7 Å². The zero-order valence-electron chi connectivity index (χ0n) is 19.7. The number of ether oxygens (including phenoxy) is 4. The smallest absolute Gasteiger partial charge is 0.262 e. The van der Waals surface area contributed by atoms with Crippen LogP contribution >= 0.6 is 0 Å². The Kier molecular flexibility index (Phi) is 6.58. The number of aromatic nitrogens is 1. The molecule has 1 aromatic heterocycles. The molecule has 4 aromatic rings. The number of rotatable bonds is 8. The first-order valence-corrected chi connectivity index (χ1v) is 10.6. The van der Waals surface area contributed by atoms with Crippen LogP contribution in [0.4, 0.5) is 5.69 Å². The first kappa shape index (κ1) is 23.0. The highest BCUT2D eigenvalue weighted by atomic mass is 16.5. The number of anilines is 1. The summed E-state index contributed by atoms with van der Waals surface area (Å²) in [5.74, 6) is 2.25. The normalized spacial score (nSPS) is 10.7. The van der Waals surface area contributed by atoms with Gasteiger partial charge in [0.1, 0.15) is 11.3 Å². The van der Waals surface area contributed by atoms with Gasteiger partial charge in [-0.3, -0.25) is 4.79 Å². The lowest BCUT2D eigenvalue weighted by atomic mass is 10.1. The van der Waals surface area contributed by atoms with Crippen molar-refractivity contribution in [3.8, 4) is 34.5 Å². The van der Waals surface area contributed by atoms with Gasteiger partial charge < -0.3 is 28.7 Å². The predicted octanol–water partition coefficient (Wildman–Crippen LogP) is 5.15. The Morgan fingerprint density at radius 2 is 1.59 bits per heavy atom. The van der Waals surface area contributed by atoms with Gasteiger partial charge in [0.15, 0.2) is 23.7 Å². The summed E-state index contributed by atoms with van der Waals surface area (Å²) in [4.78, 5) is 17.0. The van der Waals surface area contributed by atoms with Gasteiger partial charge in [0.05, 0.1) is 21.3 Å². The molecule has 8 heteroatoms. The number of aryl methyl sites for hydroxylation is 2. The van der Waals surface area contributed by atoms with Gasteiger partial charge in [-0.1, -0.05) is 6.07 Å². The fraction of sp³-hybridized carbons (Fsp3) is 0.231. The number of fused-ring (bicyclic) bond motifs is 1. The summed E-state index contributed by atoms with van der Waals surface area (Å²) in [5, 5.41) is 2.83. The van der Waals surface area contributed by atoms with E-state index in [4.69, 9.17) is 23.4 Å². The van der Waals surface area contributed by atoms with E-state index >= 15 is 0 Å². The van der Waals surface area contributed by atoms with Crippen molar-refractivity contribution in [2.24, 2.45) is 0 Å². The van der Waals surface area contributed by atoms with Crippen molar-refractivity contribution in [2.45, 2.75) is 13.8 Å². The number of amides is 1. The minimum Gasteiger partial charge on any atom is -0.493 e. The Labute approximate surface area is 197 Å². The lowest BCUT2D eigenvalue weighted by molar-refractivity contribution is -0.118. The van der Waals surface area contributed by atoms with Gasteiger partial charge in [-0.05, 0) is 67.4 Å². The van der Waals surface area contributed by atoms with Gasteiger partial charge in [-0.2, -0.15) is 0 Å². The minimum atomic E-state index is -0.271. The monoisotopic (exact) mass is 462 g/mol. The summed E-state index contributed by atoms with van der Waals surface area (Å²) >= 11 is 0. The number of oxazole rings is 1. The highest BCUT2D eigenvalue weighted by Gasteiger charge is 2.17. The van der Waals surface area contributed by atoms with Crippen molar-refractivity contribution in [1.29, 1.82) is 0 Å². The van der Waals surface area contributed by atoms with Gasteiger partial charge in [-0.25, -0.2) is 4.98 Å². The van der Waals surface area contributed by atoms with E-state index < -0.39 is 0 Å². The summed E-state index contributed by atoms with van der Waals surface area (Å²) in [6.45, 7) is 3.87. The summed E-state index contributed by atoms with van der Waals surface area (Å²) in [6.07, 6.45) is 0. The van der Waals surface area contributed by atoms with Crippen LogP contribution in [0.5, 0.6) is 23.0 Å². The summed E-state index contributed by atoms with van der Waals surface area (Å²) in [6, 6.07) is 14.6. The van der Waals surface area contributed by atoms with E-state index in [1.807, 2.05) is 32.0 Å². The van der Waals surface area contributed by atoms with Crippen molar-refractivity contribution < 1.29 is 28.2 Å². The maximum atomic E-state index is 12.4. The van der Waals surface area contributed by atoms with E-state index in [-0.39, 0.29) is 12.5 Å². The average molecular weight is 463 g/mol. The number of carbonyl (C=O) groups excluding carboxylic acids is 1. The molecule has 1 N–H and O–H groups in total. The molecule has 3 aromatic carbocycles. The van der Waals surface area contributed by atoms with Crippen LogP contribution in [0.2, 0.25) is 0 Å². The summed E-state index contributed by atoms with van der Waals surface area (Å²) in [5.41, 5.74) is 4.58. The second-order valence-corrected chi connectivity index (χ2v) is 7.78. The van der Waals surface area contributed by atoms with E-state index in [2.05, 4.69) is 10.3 Å². The number of benzene rings is 3. The molecule has 1 amide bonds.